The molecule has 1 unspecified atom stereocenters. The summed E-state index contributed by atoms with van der Waals surface area (Å²) < 4.78 is 7.61. The zero-order valence-electron chi connectivity index (χ0n) is 14.6. The summed E-state index contributed by atoms with van der Waals surface area (Å²) >= 11 is 0. The van der Waals surface area contributed by atoms with E-state index in [9.17, 15) is 9.59 Å². The highest BCUT2D eigenvalue weighted by molar-refractivity contribution is 5.95. The summed E-state index contributed by atoms with van der Waals surface area (Å²) in [6.07, 6.45) is 5.15. The average Bonchev–Trinajstić information content (AvgIpc) is 3.18. The molecule has 7 heteroatoms. The van der Waals surface area contributed by atoms with E-state index in [4.69, 9.17) is 4.74 Å². The topological polar surface area (TPSA) is 67.7 Å². The van der Waals surface area contributed by atoms with E-state index in [0.29, 0.717) is 19.6 Å². The van der Waals surface area contributed by atoms with Crippen molar-refractivity contribution in [3.05, 3.63) is 48.8 Å². The van der Waals surface area contributed by atoms with Gasteiger partial charge in [0, 0.05) is 24.6 Å². The van der Waals surface area contributed by atoms with Gasteiger partial charge in [-0.05, 0) is 31.0 Å². The summed E-state index contributed by atoms with van der Waals surface area (Å²) in [6.45, 7) is 1.97. The lowest BCUT2D eigenvalue weighted by Gasteiger charge is -2.47. The lowest BCUT2D eigenvalue weighted by Crippen LogP contribution is -2.62. The van der Waals surface area contributed by atoms with Crippen molar-refractivity contribution in [2.75, 3.05) is 31.1 Å². The van der Waals surface area contributed by atoms with E-state index < -0.39 is 5.60 Å². The number of piperidine rings is 1. The molecular weight excluding hydrogens is 332 g/mol. The number of likely N-dealkylation sites (tertiary alicyclic amines) is 1. The van der Waals surface area contributed by atoms with E-state index in [1.165, 1.54) is 0 Å². The molecular formula is C19H22N4O3. The Labute approximate surface area is 152 Å². The van der Waals surface area contributed by atoms with E-state index >= 15 is 0 Å². The normalized spacial score (nSPS) is 23.5. The van der Waals surface area contributed by atoms with Crippen LogP contribution in [0.5, 0.6) is 0 Å². The van der Waals surface area contributed by atoms with E-state index in [1.807, 2.05) is 35.2 Å². The maximum absolute atomic E-state index is 12.6. The average molecular weight is 354 g/mol. The Kier molecular flexibility index (Phi) is 4.46. The van der Waals surface area contributed by atoms with Gasteiger partial charge in [0.2, 0.25) is 5.91 Å². The smallest absolute Gasteiger partial charge is 0.253 e. The van der Waals surface area contributed by atoms with Crippen molar-refractivity contribution in [1.82, 2.24) is 14.7 Å². The standard InChI is InChI=1S/C19H22N4O3/c24-17(12-22-11-5-9-20-22)21-10-4-8-19(14-21)15-23(18(25)13-26-19)16-6-2-1-3-7-16/h1-3,5-7,9,11H,4,8,10,12-15H2. The molecule has 2 aromatic rings. The van der Waals surface area contributed by atoms with Crippen molar-refractivity contribution in [1.29, 1.82) is 0 Å². The van der Waals surface area contributed by atoms with Gasteiger partial charge in [0.1, 0.15) is 18.8 Å². The second kappa shape index (κ2) is 6.92. The first-order chi connectivity index (χ1) is 12.7. The number of rotatable bonds is 3. The molecule has 2 fully saturated rings. The third kappa shape index (κ3) is 3.35. The Balaban J connectivity index is 1.48. The lowest BCUT2D eigenvalue weighted by molar-refractivity contribution is -0.153. The van der Waals surface area contributed by atoms with Crippen LogP contribution in [-0.4, -0.2) is 58.3 Å². The molecule has 1 spiro atoms. The highest BCUT2D eigenvalue weighted by Gasteiger charge is 2.44. The first-order valence-corrected chi connectivity index (χ1v) is 8.90. The highest BCUT2D eigenvalue weighted by Crippen LogP contribution is 2.31. The number of aromatic nitrogens is 2. The Hall–Kier alpha value is -2.67. The number of ether oxygens (including phenoxy) is 1. The fourth-order valence-corrected chi connectivity index (χ4v) is 3.75. The van der Waals surface area contributed by atoms with Gasteiger partial charge in [-0.15, -0.1) is 0 Å². The first kappa shape index (κ1) is 16.8. The number of hydrogen-bond donors (Lipinski definition) is 0. The van der Waals surface area contributed by atoms with Gasteiger partial charge >= 0.3 is 0 Å². The number of nitrogens with zero attached hydrogens (tertiary/aromatic N) is 4. The summed E-state index contributed by atoms with van der Waals surface area (Å²) in [5.41, 5.74) is 0.377. The fraction of sp³-hybridized carbons (Fsp3) is 0.421. The molecule has 2 aliphatic heterocycles. The van der Waals surface area contributed by atoms with Crippen LogP contribution in [0.3, 0.4) is 0 Å². The third-order valence-corrected chi connectivity index (χ3v) is 5.07. The van der Waals surface area contributed by atoms with E-state index in [2.05, 4.69) is 5.10 Å². The minimum Gasteiger partial charge on any atom is -0.361 e. The van der Waals surface area contributed by atoms with Gasteiger partial charge in [-0.3, -0.25) is 14.3 Å². The molecule has 2 amide bonds. The highest BCUT2D eigenvalue weighted by atomic mass is 16.5. The maximum atomic E-state index is 12.6. The van der Waals surface area contributed by atoms with Crippen LogP contribution in [0.1, 0.15) is 12.8 Å². The van der Waals surface area contributed by atoms with Gasteiger partial charge in [0.25, 0.3) is 5.91 Å². The Morgan fingerprint density at radius 3 is 2.81 bits per heavy atom. The predicted molar refractivity (Wildman–Crippen MR) is 95.5 cm³/mol. The van der Waals surface area contributed by atoms with Crippen molar-refractivity contribution < 1.29 is 14.3 Å². The maximum Gasteiger partial charge on any atom is 0.253 e. The molecule has 7 nitrogen and oxygen atoms in total. The molecule has 0 bridgehead atoms. The molecule has 4 rings (SSSR count). The van der Waals surface area contributed by atoms with E-state index in [-0.39, 0.29) is 25.0 Å². The molecule has 136 valence electrons. The molecule has 0 saturated carbocycles. The monoisotopic (exact) mass is 354 g/mol. The van der Waals surface area contributed by atoms with Gasteiger partial charge in [-0.25, -0.2) is 0 Å². The van der Waals surface area contributed by atoms with Gasteiger partial charge in [-0.1, -0.05) is 18.2 Å². The van der Waals surface area contributed by atoms with Crippen molar-refractivity contribution in [2.45, 2.75) is 25.0 Å². The minimum atomic E-state index is -0.498. The predicted octanol–water partition coefficient (Wildman–Crippen LogP) is 1.31. The molecule has 26 heavy (non-hydrogen) atoms. The van der Waals surface area contributed by atoms with Crippen LogP contribution in [0.4, 0.5) is 5.69 Å². The van der Waals surface area contributed by atoms with Crippen LogP contribution in [-0.2, 0) is 20.9 Å². The van der Waals surface area contributed by atoms with E-state index in [1.54, 1.807) is 28.0 Å². The summed E-state index contributed by atoms with van der Waals surface area (Å²) in [5, 5.41) is 4.10. The molecule has 2 aliphatic rings. The number of amides is 2. The summed E-state index contributed by atoms with van der Waals surface area (Å²) in [4.78, 5) is 28.6. The molecule has 3 heterocycles. The van der Waals surface area contributed by atoms with Gasteiger partial charge in [0.15, 0.2) is 0 Å². The molecule has 0 N–H and O–H groups in total. The van der Waals surface area contributed by atoms with Crippen LogP contribution in [0.15, 0.2) is 48.8 Å². The van der Waals surface area contributed by atoms with Crippen LogP contribution in [0.2, 0.25) is 0 Å². The van der Waals surface area contributed by atoms with Crippen LogP contribution in [0, 0.1) is 0 Å². The number of hydrogen-bond acceptors (Lipinski definition) is 4. The molecule has 1 aromatic carbocycles. The Bertz CT molecular complexity index is 777. The van der Waals surface area contributed by atoms with Crippen molar-refractivity contribution >= 4 is 17.5 Å². The van der Waals surface area contributed by atoms with Gasteiger partial charge in [-0.2, -0.15) is 5.10 Å². The van der Waals surface area contributed by atoms with Gasteiger partial charge < -0.3 is 14.5 Å². The van der Waals surface area contributed by atoms with Crippen molar-refractivity contribution in [3.8, 4) is 0 Å². The summed E-state index contributed by atoms with van der Waals surface area (Å²) in [7, 11) is 0. The SMILES string of the molecule is O=C(Cn1cccn1)N1CCCC2(C1)CN(c1ccccc1)C(=O)CO2. The number of benzene rings is 1. The van der Waals surface area contributed by atoms with Crippen LogP contribution < -0.4 is 4.90 Å². The molecule has 1 atom stereocenters. The quantitative estimate of drug-likeness (QED) is 0.833. The fourth-order valence-electron chi connectivity index (χ4n) is 3.75. The summed E-state index contributed by atoms with van der Waals surface area (Å²) in [6, 6.07) is 11.4. The van der Waals surface area contributed by atoms with Crippen LogP contribution in [0.25, 0.3) is 0 Å². The zero-order valence-corrected chi connectivity index (χ0v) is 14.6. The third-order valence-electron chi connectivity index (χ3n) is 5.07. The molecule has 2 saturated heterocycles. The Morgan fingerprint density at radius 2 is 2.04 bits per heavy atom. The minimum absolute atomic E-state index is 0.0273. The lowest BCUT2D eigenvalue weighted by atomic mass is 9.90. The number of anilines is 1. The number of para-hydroxylation sites is 1. The first-order valence-electron chi connectivity index (χ1n) is 8.90. The Morgan fingerprint density at radius 1 is 1.19 bits per heavy atom. The van der Waals surface area contributed by atoms with Gasteiger partial charge in [0.05, 0.1) is 13.1 Å². The number of carbonyl (C=O) groups excluding carboxylic acids is 2. The number of carbonyl (C=O) groups is 2. The molecule has 0 aliphatic carbocycles. The van der Waals surface area contributed by atoms with Crippen LogP contribution >= 0.6 is 0 Å². The summed E-state index contributed by atoms with van der Waals surface area (Å²) in [5.74, 6) is -0.0126. The largest absolute Gasteiger partial charge is 0.361 e. The second-order valence-electron chi connectivity index (χ2n) is 6.91. The molecule has 0 radical (unpaired) electrons. The van der Waals surface area contributed by atoms with Crippen molar-refractivity contribution in [3.63, 3.8) is 0 Å². The van der Waals surface area contributed by atoms with E-state index in [0.717, 1.165) is 18.5 Å². The second-order valence-corrected chi connectivity index (χ2v) is 6.91. The zero-order chi connectivity index (χ0) is 18.0. The van der Waals surface area contributed by atoms with Crippen molar-refractivity contribution in [2.24, 2.45) is 0 Å². The number of morpholine rings is 1. The molecule has 1 aromatic heterocycles.